The van der Waals surface area contributed by atoms with E-state index in [0.29, 0.717) is 15.8 Å². The first-order valence-corrected chi connectivity index (χ1v) is 8.11. The second kappa shape index (κ2) is 8.05. The van der Waals surface area contributed by atoms with Gasteiger partial charge >= 0.3 is 0 Å². The van der Waals surface area contributed by atoms with Crippen molar-refractivity contribution in [3.8, 4) is 0 Å². The van der Waals surface area contributed by atoms with E-state index in [-0.39, 0.29) is 24.9 Å². The summed E-state index contributed by atoms with van der Waals surface area (Å²) in [7, 11) is 3.38. The largest absolute Gasteiger partial charge is 0.325 e. The quantitative estimate of drug-likeness (QED) is 0.866. The maximum atomic E-state index is 12.1. The molecule has 0 saturated carbocycles. The van der Waals surface area contributed by atoms with Gasteiger partial charge in [0.1, 0.15) is 0 Å². The van der Waals surface area contributed by atoms with Crippen LogP contribution < -0.4 is 10.2 Å². The Balaban J connectivity index is 1.83. The summed E-state index contributed by atoms with van der Waals surface area (Å²) in [5, 5.41) is 5.73. The number of nitrogens with one attached hydrogen (secondary N) is 1. The van der Waals surface area contributed by atoms with E-state index in [0.717, 1.165) is 0 Å². The molecule has 0 aliphatic rings. The van der Waals surface area contributed by atoms with Gasteiger partial charge in [-0.15, -0.1) is 11.3 Å². The van der Waals surface area contributed by atoms with Gasteiger partial charge < -0.3 is 5.32 Å². The molecule has 23 heavy (non-hydrogen) atoms. The first-order chi connectivity index (χ1) is 11.0. The van der Waals surface area contributed by atoms with Crippen LogP contribution in [-0.4, -0.2) is 48.9 Å². The fourth-order valence-electron chi connectivity index (χ4n) is 1.89. The Morgan fingerprint density at radius 1 is 1.30 bits per heavy atom. The Kier molecular flexibility index (Phi) is 6.09. The van der Waals surface area contributed by atoms with E-state index in [1.807, 2.05) is 0 Å². The van der Waals surface area contributed by atoms with Crippen LogP contribution in [0.5, 0.6) is 0 Å². The normalized spacial score (nSPS) is 10.6. The van der Waals surface area contributed by atoms with Crippen molar-refractivity contribution in [1.29, 1.82) is 0 Å². The fourth-order valence-corrected chi connectivity index (χ4v) is 2.71. The van der Waals surface area contributed by atoms with Crippen LogP contribution in [0, 0.1) is 0 Å². The van der Waals surface area contributed by atoms with Crippen molar-refractivity contribution in [3.05, 3.63) is 40.9 Å². The molecule has 1 N–H and O–H groups in total. The van der Waals surface area contributed by atoms with Crippen LogP contribution in [0.3, 0.4) is 0 Å². The lowest BCUT2D eigenvalue weighted by atomic mass is 10.3. The van der Waals surface area contributed by atoms with E-state index in [1.54, 1.807) is 54.8 Å². The summed E-state index contributed by atoms with van der Waals surface area (Å²) < 4.78 is 0. The number of aromatic nitrogens is 1. The number of carbonyl (C=O) groups excluding carboxylic acids is 2. The highest BCUT2D eigenvalue weighted by atomic mass is 35.5. The lowest BCUT2D eigenvalue weighted by Crippen LogP contribution is -2.39. The molecule has 0 saturated heterocycles. The van der Waals surface area contributed by atoms with Crippen LogP contribution in [-0.2, 0) is 9.59 Å². The monoisotopic (exact) mass is 352 g/mol. The van der Waals surface area contributed by atoms with Gasteiger partial charge in [0.25, 0.3) is 0 Å². The Morgan fingerprint density at radius 3 is 2.74 bits per heavy atom. The van der Waals surface area contributed by atoms with Gasteiger partial charge in [0.2, 0.25) is 11.8 Å². The highest BCUT2D eigenvalue weighted by Gasteiger charge is 2.16. The zero-order valence-electron chi connectivity index (χ0n) is 12.8. The summed E-state index contributed by atoms with van der Waals surface area (Å²) >= 11 is 7.26. The number of carbonyl (C=O) groups is 2. The zero-order valence-corrected chi connectivity index (χ0v) is 14.4. The molecule has 0 spiro atoms. The molecule has 1 aromatic carbocycles. The molecule has 0 aliphatic carbocycles. The average molecular weight is 353 g/mol. The highest BCUT2D eigenvalue weighted by molar-refractivity contribution is 7.13. The Morgan fingerprint density at radius 2 is 2.09 bits per heavy atom. The highest BCUT2D eigenvalue weighted by Crippen LogP contribution is 2.16. The molecule has 2 amide bonds. The molecule has 122 valence electrons. The van der Waals surface area contributed by atoms with Crippen LogP contribution >= 0.6 is 22.9 Å². The maximum Gasteiger partial charge on any atom is 0.242 e. The number of likely N-dealkylation sites (N-methyl/N-ethyl adjacent to an activating group) is 2. The standard InChI is InChI=1S/C15H17ClN4O2S/c1-19(10-14(22)20(2)15-17-6-7-23-15)9-13(21)18-12-5-3-4-11(16)8-12/h3-8H,9-10H2,1-2H3,(H,18,21). The van der Waals surface area contributed by atoms with Crippen molar-refractivity contribution in [1.82, 2.24) is 9.88 Å². The number of benzene rings is 1. The van der Waals surface area contributed by atoms with Gasteiger partial charge in [-0.3, -0.25) is 19.4 Å². The number of hydrogen-bond acceptors (Lipinski definition) is 5. The van der Waals surface area contributed by atoms with Gasteiger partial charge in [-0.05, 0) is 25.2 Å². The summed E-state index contributed by atoms with van der Waals surface area (Å²) in [5.74, 6) is -0.336. The van der Waals surface area contributed by atoms with Crippen molar-refractivity contribution in [2.75, 3.05) is 37.4 Å². The summed E-state index contributed by atoms with van der Waals surface area (Å²) in [6.07, 6.45) is 1.64. The number of amides is 2. The third kappa shape index (κ3) is 5.31. The minimum Gasteiger partial charge on any atom is -0.325 e. The van der Waals surface area contributed by atoms with E-state index in [9.17, 15) is 9.59 Å². The van der Waals surface area contributed by atoms with Gasteiger partial charge in [0.05, 0.1) is 13.1 Å². The lowest BCUT2D eigenvalue weighted by Gasteiger charge is -2.19. The summed E-state index contributed by atoms with van der Waals surface area (Å²) in [6.45, 7) is 0.225. The van der Waals surface area contributed by atoms with E-state index in [4.69, 9.17) is 11.6 Å². The first kappa shape index (κ1) is 17.4. The first-order valence-electron chi connectivity index (χ1n) is 6.85. The number of thiazole rings is 1. The van der Waals surface area contributed by atoms with E-state index in [2.05, 4.69) is 10.3 Å². The number of rotatable bonds is 6. The van der Waals surface area contributed by atoms with E-state index < -0.39 is 0 Å². The molecular weight excluding hydrogens is 336 g/mol. The molecule has 0 unspecified atom stereocenters. The zero-order chi connectivity index (χ0) is 16.8. The third-order valence-electron chi connectivity index (χ3n) is 3.01. The Hall–Kier alpha value is -1.96. The summed E-state index contributed by atoms with van der Waals surface area (Å²) in [6, 6.07) is 6.91. The molecule has 2 rings (SSSR count). The van der Waals surface area contributed by atoms with Crippen LogP contribution in [0.2, 0.25) is 5.02 Å². The van der Waals surface area contributed by atoms with Crippen molar-refractivity contribution in [2.45, 2.75) is 0 Å². The lowest BCUT2D eigenvalue weighted by molar-refractivity contribution is -0.120. The van der Waals surface area contributed by atoms with Crippen molar-refractivity contribution in [2.24, 2.45) is 0 Å². The van der Waals surface area contributed by atoms with Crippen LogP contribution in [0.25, 0.3) is 0 Å². The van der Waals surface area contributed by atoms with Gasteiger partial charge in [0.15, 0.2) is 5.13 Å². The van der Waals surface area contributed by atoms with Gasteiger partial charge in [0, 0.05) is 29.3 Å². The SMILES string of the molecule is CN(CC(=O)Nc1cccc(Cl)c1)CC(=O)N(C)c1nccs1. The predicted molar refractivity (Wildman–Crippen MR) is 93.1 cm³/mol. The van der Waals surface area contributed by atoms with Crippen molar-refractivity contribution < 1.29 is 9.59 Å². The molecule has 8 heteroatoms. The van der Waals surface area contributed by atoms with E-state index >= 15 is 0 Å². The fraction of sp³-hybridized carbons (Fsp3) is 0.267. The van der Waals surface area contributed by atoms with Gasteiger partial charge in [-0.2, -0.15) is 0 Å². The molecule has 6 nitrogen and oxygen atoms in total. The number of anilines is 2. The van der Waals surface area contributed by atoms with Crippen LogP contribution in [0.15, 0.2) is 35.8 Å². The smallest absolute Gasteiger partial charge is 0.242 e. The summed E-state index contributed by atoms with van der Waals surface area (Å²) in [4.78, 5) is 31.3. The number of halogens is 1. The molecule has 1 heterocycles. The van der Waals surface area contributed by atoms with Crippen LogP contribution in [0.4, 0.5) is 10.8 Å². The Labute approximate surface area is 143 Å². The molecule has 0 bridgehead atoms. The summed E-state index contributed by atoms with van der Waals surface area (Å²) in [5.41, 5.74) is 0.627. The number of nitrogens with zero attached hydrogens (tertiary/aromatic N) is 3. The average Bonchev–Trinajstić information content (AvgIpc) is 3.00. The minimum atomic E-state index is -0.209. The van der Waals surface area contributed by atoms with Crippen LogP contribution in [0.1, 0.15) is 0 Å². The van der Waals surface area contributed by atoms with Gasteiger partial charge in [-0.1, -0.05) is 17.7 Å². The molecule has 0 fully saturated rings. The molecule has 0 aliphatic heterocycles. The Bertz CT molecular complexity index is 678. The molecule has 1 aromatic heterocycles. The molecule has 2 aromatic rings. The predicted octanol–water partition coefficient (Wildman–Crippen LogP) is 2.33. The molecule has 0 radical (unpaired) electrons. The maximum absolute atomic E-state index is 12.1. The molecular formula is C15H17ClN4O2S. The second-order valence-corrected chi connectivity index (χ2v) is 6.31. The number of hydrogen-bond donors (Lipinski definition) is 1. The second-order valence-electron chi connectivity index (χ2n) is 5.00. The van der Waals surface area contributed by atoms with Gasteiger partial charge in [-0.25, -0.2) is 4.98 Å². The topological polar surface area (TPSA) is 65.5 Å². The molecule has 0 atom stereocenters. The van der Waals surface area contributed by atoms with E-state index in [1.165, 1.54) is 16.2 Å². The van der Waals surface area contributed by atoms with Crippen molar-refractivity contribution >= 4 is 45.6 Å². The minimum absolute atomic E-state index is 0.101. The van der Waals surface area contributed by atoms with Crippen molar-refractivity contribution in [3.63, 3.8) is 0 Å². The third-order valence-corrected chi connectivity index (χ3v) is 4.09.